The van der Waals surface area contributed by atoms with E-state index in [0.717, 1.165) is 5.56 Å². The van der Waals surface area contributed by atoms with Crippen LogP contribution in [0.3, 0.4) is 0 Å². The largest absolute Gasteiger partial charge is 0.449 e. The molecule has 2 aliphatic rings. The van der Waals surface area contributed by atoms with Crippen LogP contribution in [0.2, 0.25) is 5.02 Å². The Labute approximate surface area is 151 Å². The molecule has 4 rings (SSSR count). The Kier molecular flexibility index (Phi) is 3.86. The molecule has 1 unspecified atom stereocenters. The second-order valence-corrected chi connectivity index (χ2v) is 8.70. The standard InChI is InChI=1S/C18H16ClNO4S/c19-13-5-3-6-14(11-13)25(22,23)20-10-4-9-18(12-20)16-8-2-1-7-15(16)17(21)24-18/h1-3,5-8,11H,4,9-10,12H2. The summed E-state index contributed by atoms with van der Waals surface area (Å²) in [5, 5.41) is 0.366. The lowest BCUT2D eigenvalue weighted by Gasteiger charge is -2.38. The smallest absolute Gasteiger partial charge is 0.339 e. The van der Waals surface area contributed by atoms with E-state index in [4.69, 9.17) is 16.3 Å². The van der Waals surface area contributed by atoms with Crippen LogP contribution >= 0.6 is 11.6 Å². The number of hydrogen-bond acceptors (Lipinski definition) is 4. The maximum Gasteiger partial charge on any atom is 0.339 e. The van der Waals surface area contributed by atoms with Crippen molar-refractivity contribution in [3.8, 4) is 0 Å². The van der Waals surface area contributed by atoms with Crippen LogP contribution in [0.4, 0.5) is 0 Å². The number of rotatable bonds is 2. The molecule has 1 atom stereocenters. The summed E-state index contributed by atoms with van der Waals surface area (Å²) in [4.78, 5) is 12.4. The summed E-state index contributed by atoms with van der Waals surface area (Å²) < 4.78 is 33.1. The van der Waals surface area contributed by atoms with Gasteiger partial charge in [0, 0.05) is 17.1 Å². The van der Waals surface area contributed by atoms with Crippen LogP contribution in [0, 0.1) is 0 Å². The number of hydrogen-bond donors (Lipinski definition) is 0. The lowest BCUT2D eigenvalue weighted by atomic mass is 9.86. The summed E-state index contributed by atoms with van der Waals surface area (Å²) in [5.41, 5.74) is 0.382. The number of nitrogens with zero attached hydrogens (tertiary/aromatic N) is 1. The van der Waals surface area contributed by atoms with Crippen LogP contribution < -0.4 is 0 Å². The average molecular weight is 378 g/mol. The zero-order valence-corrected chi connectivity index (χ0v) is 14.9. The molecular formula is C18H16ClNO4S. The van der Waals surface area contributed by atoms with Crippen molar-refractivity contribution in [2.24, 2.45) is 0 Å². The van der Waals surface area contributed by atoms with E-state index in [0.29, 0.717) is 30.0 Å². The van der Waals surface area contributed by atoms with Crippen molar-refractivity contribution in [2.45, 2.75) is 23.3 Å². The number of carbonyl (C=O) groups excluding carboxylic acids is 1. The number of benzene rings is 2. The minimum atomic E-state index is -3.71. The molecule has 7 heteroatoms. The summed E-state index contributed by atoms with van der Waals surface area (Å²) >= 11 is 5.94. The summed E-state index contributed by atoms with van der Waals surface area (Å²) in [6.45, 7) is 0.501. The van der Waals surface area contributed by atoms with Crippen molar-refractivity contribution in [3.05, 3.63) is 64.7 Å². The molecule has 2 aromatic rings. The number of halogens is 1. The van der Waals surface area contributed by atoms with E-state index in [1.807, 2.05) is 12.1 Å². The van der Waals surface area contributed by atoms with Gasteiger partial charge in [-0.2, -0.15) is 4.31 Å². The summed E-state index contributed by atoms with van der Waals surface area (Å²) in [7, 11) is -3.71. The quantitative estimate of drug-likeness (QED) is 0.754. The van der Waals surface area contributed by atoms with E-state index in [9.17, 15) is 13.2 Å². The Morgan fingerprint density at radius 3 is 2.72 bits per heavy atom. The lowest BCUT2D eigenvalue weighted by Crippen LogP contribution is -2.48. The van der Waals surface area contributed by atoms with Gasteiger partial charge in [-0.3, -0.25) is 0 Å². The molecule has 1 spiro atoms. The molecule has 130 valence electrons. The van der Waals surface area contributed by atoms with Crippen LogP contribution in [0.15, 0.2) is 53.4 Å². The number of piperidine rings is 1. The van der Waals surface area contributed by atoms with Crippen LogP contribution in [0.25, 0.3) is 0 Å². The van der Waals surface area contributed by atoms with Crippen molar-refractivity contribution >= 4 is 27.6 Å². The first-order chi connectivity index (χ1) is 11.9. The minimum Gasteiger partial charge on any atom is -0.449 e. The first kappa shape index (κ1) is 16.6. The molecular weight excluding hydrogens is 362 g/mol. The molecule has 0 amide bonds. The minimum absolute atomic E-state index is 0.116. The van der Waals surface area contributed by atoms with E-state index in [1.165, 1.54) is 16.4 Å². The topological polar surface area (TPSA) is 63.7 Å². The highest BCUT2D eigenvalue weighted by molar-refractivity contribution is 7.89. The van der Waals surface area contributed by atoms with Gasteiger partial charge in [0.2, 0.25) is 10.0 Å². The van der Waals surface area contributed by atoms with Gasteiger partial charge in [-0.25, -0.2) is 13.2 Å². The Balaban J connectivity index is 1.72. The Hall–Kier alpha value is -1.89. The Morgan fingerprint density at radius 1 is 1.12 bits per heavy atom. The Morgan fingerprint density at radius 2 is 1.92 bits per heavy atom. The number of fused-ring (bicyclic) bond motifs is 2. The fourth-order valence-electron chi connectivity index (χ4n) is 3.61. The number of carbonyl (C=O) groups is 1. The molecule has 0 aliphatic carbocycles. The van der Waals surface area contributed by atoms with Gasteiger partial charge >= 0.3 is 5.97 Å². The third-order valence-corrected chi connectivity index (χ3v) is 6.86. The van der Waals surface area contributed by atoms with Crippen LogP contribution in [0.5, 0.6) is 0 Å². The zero-order valence-electron chi connectivity index (χ0n) is 13.3. The first-order valence-electron chi connectivity index (χ1n) is 8.01. The molecule has 0 radical (unpaired) electrons. The molecule has 0 aromatic heterocycles. The van der Waals surface area contributed by atoms with Crippen LogP contribution in [-0.4, -0.2) is 31.8 Å². The molecule has 5 nitrogen and oxygen atoms in total. The lowest BCUT2D eigenvalue weighted by molar-refractivity contribution is -0.0345. The molecule has 0 N–H and O–H groups in total. The van der Waals surface area contributed by atoms with Gasteiger partial charge in [-0.15, -0.1) is 0 Å². The predicted octanol–water partition coefficient (Wildman–Crippen LogP) is 3.19. The van der Waals surface area contributed by atoms with Gasteiger partial charge in [0.15, 0.2) is 5.60 Å². The third kappa shape index (κ3) is 2.65. The van der Waals surface area contributed by atoms with Crippen molar-refractivity contribution in [2.75, 3.05) is 13.1 Å². The van der Waals surface area contributed by atoms with Crippen molar-refractivity contribution < 1.29 is 17.9 Å². The van der Waals surface area contributed by atoms with E-state index in [-0.39, 0.29) is 11.4 Å². The maximum absolute atomic E-state index is 13.0. The fraction of sp³-hybridized carbons (Fsp3) is 0.278. The maximum atomic E-state index is 13.0. The van der Waals surface area contributed by atoms with Crippen molar-refractivity contribution in [1.29, 1.82) is 0 Å². The molecule has 2 aromatic carbocycles. The highest BCUT2D eigenvalue weighted by atomic mass is 35.5. The molecule has 25 heavy (non-hydrogen) atoms. The first-order valence-corrected chi connectivity index (χ1v) is 9.83. The molecule has 2 aliphatic heterocycles. The van der Waals surface area contributed by atoms with Crippen LogP contribution in [0.1, 0.15) is 28.8 Å². The van der Waals surface area contributed by atoms with Gasteiger partial charge in [0.25, 0.3) is 0 Å². The van der Waals surface area contributed by atoms with Crippen molar-refractivity contribution in [3.63, 3.8) is 0 Å². The third-order valence-electron chi connectivity index (χ3n) is 4.78. The summed E-state index contributed by atoms with van der Waals surface area (Å²) in [5.74, 6) is -0.391. The molecule has 1 saturated heterocycles. The molecule has 1 fully saturated rings. The molecule has 0 bridgehead atoms. The van der Waals surface area contributed by atoms with E-state index in [1.54, 1.807) is 24.3 Å². The van der Waals surface area contributed by atoms with E-state index in [2.05, 4.69) is 0 Å². The van der Waals surface area contributed by atoms with E-state index < -0.39 is 21.6 Å². The number of ether oxygens (including phenoxy) is 1. The van der Waals surface area contributed by atoms with Gasteiger partial charge in [-0.05, 0) is 37.1 Å². The normalized spacial score (nSPS) is 23.5. The van der Waals surface area contributed by atoms with Crippen molar-refractivity contribution in [1.82, 2.24) is 4.31 Å². The highest BCUT2D eigenvalue weighted by Gasteiger charge is 2.50. The summed E-state index contributed by atoms with van der Waals surface area (Å²) in [6.07, 6.45) is 1.22. The fourth-order valence-corrected chi connectivity index (χ4v) is 5.44. The SMILES string of the molecule is O=C1OC2(CCCN(S(=O)(=O)c3cccc(Cl)c3)C2)c2ccccc21. The van der Waals surface area contributed by atoms with Gasteiger partial charge in [0.05, 0.1) is 17.0 Å². The van der Waals surface area contributed by atoms with Gasteiger partial charge < -0.3 is 4.74 Å². The zero-order chi connectivity index (χ0) is 17.7. The molecule has 0 saturated carbocycles. The van der Waals surface area contributed by atoms with Crippen LogP contribution in [-0.2, 0) is 20.4 Å². The molecule has 2 heterocycles. The second kappa shape index (κ2) is 5.83. The van der Waals surface area contributed by atoms with Gasteiger partial charge in [0.1, 0.15) is 0 Å². The second-order valence-electron chi connectivity index (χ2n) is 6.33. The number of esters is 1. The average Bonchev–Trinajstić information content (AvgIpc) is 2.87. The summed E-state index contributed by atoms with van der Waals surface area (Å²) in [6, 6.07) is 13.4. The predicted molar refractivity (Wildman–Crippen MR) is 93.0 cm³/mol. The highest BCUT2D eigenvalue weighted by Crippen LogP contribution is 2.43. The van der Waals surface area contributed by atoms with E-state index >= 15 is 0 Å². The monoisotopic (exact) mass is 377 g/mol. The number of sulfonamides is 1. The Bertz CT molecular complexity index is 959. The van der Waals surface area contributed by atoms with Gasteiger partial charge in [-0.1, -0.05) is 35.9 Å².